The minimum atomic E-state index is -0.961. The molecule has 8 rings (SSSR count). The van der Waals surface area contributed by atoms with Crippen LogP contribution in [0.5, 0.6) is 0 Å². The van der Waals surface area contributed by atoms with Crippen molar-refractivity contribution in [1.29, 1.82) is 5.26 Å². The number of aliphatic hydroxyl groups excluding tert-OH is 1. The normalized spacial score (nSPS) is 18.4. The minimum absolute atomic E-state index is 0.0111. The van der Waals surface area contributed by atoms with E-state index in [9.17, 15) is 34.3 Å². The predicted molar refractivity (Wildman–Crippen MR) is 263 cm³/mol. The number of amides is 4. The fourth-order valence-corrected chi connectivity index (χ4v) is 11.0. The molecule has 2 saturated heterocycles. The number of carbonyl (C=O) groups is 5. The number of rotatable bonds is 13. The highest BCUT2D eigenvalue weighted by atomic mass is 32.1. The van der Waals surface area contributed by atoms with Crippen molar-refractivity contribution >= 4 is 57.3 Å². The third kappa shape index (κ3) is 9.67. The van der Waals surface area contributed by atoms with Crippen molar-refractivity contribution in [3.8, 4) is 16.5 Å². The molecule has 5 N–H and O–H groups in total. The Morgan fingerprint density at radius 2 is 1.75 bits per heavy atom. The number of carbonyl (C=O) groups excluding carboxylic acids is 5. The molecule has 2 fully saturated rings. The highest BCUT2D eigenvalue weighted by Crippen LogP contribution is 2.46. The topological polar surface area (TPSA) is 201 Å². The lowest BCUT2D eigenvalue weighted by atomic mass is 9.70. The van der Waals surface area contributed by atoms with Crippen molar-refractivity contribution < 1.29 is 29.1 Å². The van der Waals surface area contributed by atoms with Gasteiger partial charge >= 0.3 is 0 Å². The molecule has 5 aromatic rings. The van der Waals surface area contributed by atoms with Gasteiger partial charge in [0.2, 0.25) is 23.6 Å². The van der Waals surface area contributed by atoms with Gasteiger partial charge in [-0.1, -0.05) is 71.9 Å². The van der Waals surface area contributed by atoms with Gasteiger partial charge in [0.1, 0.15) is 12.1 Å². The Balaban J connectivity index is 0.820. The lowest BCUT2D eigenvalue weighted by molar-refractivity contribution is -0.144. The van der Waals surface area contributed by atoms with E-state index in [1.165, 1.54) is 4.90 Å². The molecular formula is C53H62N8O6S. The van der Waals surface area contributed by atoms with Crippen LogP contribution in [0.1, 0.15) is 130 Å². The number of β-amino-alcohol motifs (C(OH)–C–C–N with tert-alkyl or cyclic N) is 1. The van der Waals surface area contributed by atoms with E-state index >= 15 is 0 Å². The van der Waals surface area contributed by atoms with Crippen LogP contribution < -0.4 is 20.9 Å². The molecule has 0 radical (unpaired) electrons. The molecule has 14 nitrogen and oxygen atoms in total. The summed E-state index contributed by atoms with van der Waals surface area (Å²) >= 11 is 1.57. The van der Waals surface area contributed by atoms with Crippen molar-refractivity contribution in [3.63, 3.8) is 0 Å². The third-order valence-electron chi connectivity index (χ3n) is 14.0. The van der Waals surface area contributed by atoms with E-state index < -0.39 is 34.9 Å². The molecule has 356 valence electrons. The standard InChI is InChI=1S/C53H62N8O6S/c1-8-33-23-38-39(53(6,7)48-45(46(38)65)37-17-14-32(26-54)22-40(37)58-48)25-41(33)60-20-18-35(19-21-60)57-43(63)10-9-11-44(64)59-49(52(3,4)5)51(67)61-28-36(62)24-42(61)50(66)55-27-31-12-15-34(16-13-31)47-30(2)56-29-68-47/h12-17,22-23,25,29,35-36,42,49,58,62H,8-11,18-21,24,27-28H2,1-7H3,(H,55,66)(H,57,63)(H,59,64)/t36-,42+,49?/m1/s1. The second-order valence-electron chi connectivity index (χ2n) is 20.2. The Hall–Kier alpha value is -6.37. The summed E-state index contributed by atoms with van der Waals surface area (Å²) in [5.41, 5.74) is 10.2. The monoisotopic (exact) mass is 938 g/mol. The summed E-state index contributed by atoms with van der Waals surface area (Å²) in [7, 11) is 0. The van der Waals surface area contributed by atoms with E-state index in [0.717, 1.165) is 87.5 Å². The van der Waals surface area contributed by atoms with E-state index in [2.05, 4.69) is 69.8 Å². The number of hydrogen-bond acceptors (Lipinski definition) is 10. The van der Waals surface area contributed by atoms with Gasteiger partial charge in [-0.15, -0.1) is 11.3 Å². The summed E-state index contributed by atoms with van der Waals surface area (Å²) in [4.78, 5) is 80.9. The number of aromatic amines is 1. The van der Waals surface area contributed by atoms with Gasteiger partial charge in [-0.3, -0.25) is 24.0 Å². The van der Waals surface area contributed by atoms with E-state index in [0.29, 0.717) is 23.1 Å². The van der Waals surface area contributed by atoms with Crippen LogP contribution in [0.3, 0.4) is 0 Å². The van der Waals surface area contributed by atoms with Gasteiger partial charge < -0.3 is 35.8 Å². The first kappa shape index (κ1) is 48.1. The summed E-state index contributed by atoms with van der Waals surface area (Å²) in [6.45, 7) is 15.5. The zero-order valence-corrected chi connectivity index (χ0v) is 40.9. The highest BCUT2D eigenvalue weighted by molar-refractivity contribution is 7.13. The first-order valence-corrected chi connectivity index (χ1v) is 24.6. The van der Waals surface area contributed by atoms with Crippen molar-refractivity contribution in [2.75, 3.05) is 24.5 Å². The molecule has 2 aromatic heterocycles. The maximum atomic E-state index is 14.1. The Kier molecular flexibility index (Phi) is 13.7. The molecule has 3 aromatic carbocycles. The number of hydrogen-bond donors (Lipinski definition) is 5. The smallest absolute Gasteiger partial charge is 0.246 e. The minimum Gasteiger partial charge on any atom is -0.391 e. The second kappa shape index (κ2) is 19.3. The van der Waals surface area contributed by atoms with Crippen LogP contribution in [-0.4, -0.2) is 93.3 Å². The number of fused-ring (bicyclic) bond motifs is 4. The number of anilines is 1. The fourth-order valence-electron chi connectivity index (χ4n) is 10.1. The summed E-state index contributed by atoms with van der Waals surface area (Å²) in [6.07, 6.45) is 1.92. The second-order valence-corrected chi connectivity index (χ2v) is 21.1. The first-order chi connectivity index (χ1) is 32.4. The SMILES string of the molecule is CCc1cc2c(cc1N1CCC(NC(=O)CCCC(=O)NC(C(=O)N3C[C@H](O)C[C@H]3C(=O)NCc3ccc(-c4scnc4C)cc3)C(C)(C)C)CC1)C(C)(C)c1[nH]c3cc(C#N)ccc3c1C2=O. The molecule has 0 saturated carbocycles. The van der Waals surface area contributed by atoms with Crippen molar-refractivity contribution in [1.82, 2.24) is 30.8 Å². The maximum Gasteiger partial charge on any atom is 0.246 e. The van der Waals surface area contributed by atoms with Crippen LogP contribution in [0.15, 0.2) is 60.1 Å². The number of likely N-dealkylation sites (tertiary alicyclic amines) is 1. The quantitative estimate of drug-likeness (QED) is 0.0827. The summed E-state index contributed by atoms with van der Waals surface area (Å²) in [5.74, 6) is -1.32. The van der Waals surface area contributed by atoms with Crippen LogP contribution in [0.25, 0.3) is 21.3 Å². The lowest BCUT2D eigenvalue weighted by Gasteiger charge is -2.38. The van der Waals surface area contributed by atoms with Crippen LogP contribution in [0.2, 0.25) is 0 Å². The number of aryl methyl sites for hydroxylation is 2. The zero-order chi connectivity index (χ0) is 48.7. The third-order valence-corrected chi connectivity index (χ3v) is 15.0. The molecule has 68 heavy (non-hydrogen) atoms. The lowest BCUT2D eigenvalue weighted by Crippen LogP contribution is -2.57. The number of nitrogens with one attached hydrogen (secondary N) is 4. The number of H-pyrrole nitrogens is 1. The highest BCUT2D eigenvalue weighted by Gasteiger charge is 2.45. The van der Waals surface area contributed by atoms with Crippen LogP contribution in [0, 0.1) is 23.7 Å². The average molecular weight is 939 g/mol. The molecule has 0 spiro atoms. The van der Waals surface area contributed by atoms with Crippen LogP contribution in [0.4, 0.5) is 5.69 Å². The molecule has 3 atom stereocenters. The van der Waals surface area contributed by atoms with Gasteiger partial charge in [0.25, 0.3) is 0 Å². The first-order valence-electron chi connectivity index (χ1n) is 23.8. The summed E-state index contributed by atoms with van der Waals surface area (Å²) in [6, 6.07) is 17.8. The largest absolute Gasteiger partial charge is 0.391 e. The predicted octanol–water partition coefficient (Wildman–Crippen LogP) is 6.97. The molecule has 4 amide bonds. The van der Waals surface area contributed by atoms with Crippen molar-refractivity contribution in [3.05, 3.63) is 105 Å². The van der Waals surface area contributed by atoms with E-state index in [-0.39, 0.29) is 61.9 Å². The molecule has 0 bridgehead atoms. The molecule has 15 heteroatoms. The number of aliphatic hydroxyl groups is 1. The molecule has 2 aliphatic heterocycles. The van der Waals surface area contributed by atoms with Crippen LogP contribution in [-0.2, 0) is 37.6 Å². The van der Waals surface area contributed by atoms with Crippen molar-refractivity contribution in [2.45, 2.75) is 130 Å². The fraction of sp³-hybridized carbons (Fsp3) is 0.453. The number of piperidine rings is 1. The van der Waals surface area contributed by atoms with Gasteiger partial charge in [0.15, 0.2) is 5.78 Å². The van der Waals surface area contributed by atoms with Gasteiger partial charge in [-0.25, -0.2) is 4.98 Å². The molecule has 1 aliphatic carbocycles. The van der Waals surface area contributed by atoms with Gasteiger partial charge in [0, 0.05) is 84.7 Å². The Morgan fingerprint density at radius 1 is 1.03 bits per heavy atom. The van der Waals surface area contributed by atoms with Crippen molar-refractivity contribution in [2.24, 2.45) is 5.41 Å². The summed E-state index contributed by atoms with van der Waals surface area (Å²) < 4.78 is 0. The average Bonchev–Trinajstić information content (AvgIpc) is 4.05. The van der Waals surface area contributed by atoms with Gasteiger partial charge in [0.05, 0.1) is 39.4 Å². The van der Waals surface area contributed by atoms with E-state index in [1.807, 2.05) is 63.5 Å². The molecule has 3 aliphatic rings. The number of aromatic nitrogens is 2. The Labute approximate surface area is 401 Å². The number of ketones is 1. The van der Waals surface area contributed by atoms with Gasteiger partial charge in [-0.2, -0.15) is 5.26 Å². The summed E-state index contributed by atoms with van der Waals surface area (Å²) in [5, 5.41) is 30.0. The molecule has 4 heterocycles. The Bertz CT molecular complexity index is 2810. The number of benzene rings is 3. The zero-order valence-electron chi connectivity index (χ0n) is 40.0. The molecular weight excluding hydrogens is 877 g/mol. The Morgan fingerprint density at radius 3 is 2.41 bits per heavy atom. The van der Waals surface area contributed by atoms with E-state index in [4.69, 9.17) is 0 Å². The van der Waals surface area contributed by atoms with E-state index in [1.54, 1.807) is 23.5 Å². The number of thiazole rings is 1. The maximum absolute atomic E-state index is 14.1. The van der Waals surface area contributed by atoms with Gasteiger partial charge in [-0.05, 0) is 84.5 Å². The number of nitriles is 1. The van der Waals surface area contributed by atoms with Crippen LogP contribution >= 0.6 is 11.3 Å². The molecule has 1 unspecified atom stereocenters. The number of nitrogens with zero attached hydrogens (tertiary/aromatic N) is 4.